The monoisotopic (exact) mass is 171 g/mol. The van der Waals surface area contributed by atoms with E-state index >= 15 is 0 Å². The molecule has 1 aromatic rings. The van der Waals surface area contributed by atoms with Crippen LogP contribution in [0.5, 0.6) is 0 Å². The zero-order valence-corrected chi connectivity index (χ0v) is 7.26. The number of anilines is 1. The molecule has 0 atom stereocenters. The Hall–Kier alpha value is -0.830. The summed E-state index contributed by atoms with van der Waals surface area (Å²) in [6, 6.07) is 0. The lowest BCUT2D eigenvalue weighted by Gasteiger charge is -2.06. The highest BCUT2D eigenvalue weighted by Gasteiger charge is 2.05. The molecule has 0 amide bonds. The maximum atomic E-state index is 5.59. The standard InChI is InChI=1S/C7H10ClN3/c1-4(2)5-3-10-7(8)11-6(5)9/h3-4H,1-2H3,(H2,9,10,11). The van der Waals surface area contributed by atoms with Gasteiger partial charge in [-0.25, -0.2) is 9.97 Å². The zero-order valence-electron chi connectivity index (χ0n) is 6.50. The van der Waals surface area contributed by atoms with E-state index in [0.29, 0.717) is 11.7 Å². The van der Waals surface area contributed by atoms with Gasteiger partial charge in [0, 0.05) is 11.8 Å². The van der Waals surface area contributed by atoms with Crippen molar-refractivity contribution in [3.63, 3.8) is 0 Å². The first-order chi connectivity index (χ1) is 5.11. The SMILES string of the molecule is CC(C)c1cnc(Cl)nc1N. The van der Waals surface area contributed by atoms with E-state index in [1.165, 1.54) is 0 Å². The number of rotatable bonds is 1. The summed E-state index contributed by atoms with van der Waals surface area (Å²) in [5.41, 5.74) is 6.53. The molecule has 0 aliphatic carbocycles. The van der Waals surface area contributed by atoms with Gasteiger partial charge >= 0.3 is 0 Å². The summed E-state index contributed by atoms with van der Waals surface area (Å²) >= 11 is 5.52. The van der Waals surface area contributed by atoms with Crippen LogP contribution in [0.4, 0.5) is 5.82 Å². The Morgan fingerprint density at radius 3 is 2.64 bits per heavy atom. The van der Waals surface area contributed by atoms with Gasteiger partial charge in [-0.1, -0.05) is 13.8 Å². The molecule has 11 heavy (non-hydrogen) atoms. The van der Waals surface area contributed by atoms with Gasteiger partial charge in [0.15, 0.2) is 0 Å². The fraction of sp³-hybridized carbons (Fsp3) is 0.429. The number of hydrogen-bond donors (Lipinski definition) is 1. The summed E-state index contributed by atoms with van der Waals surface area (Å²) in [6.07, 6.45) is 1.66. The van der Waals surface area contributed by atoms with Crippen LogP contribution in [-0.4, -0.2) is 9.97 Å². The van der Waals surface area contributed by atoms with Crippen molar-refractivity contribution in [2.24, 2.45) is 0 Å². The second kappa shape index (κ2) is 3.05. The Morgan fingerprint density at radius 1 is 1.55 bits per heavy atom. The van der Waals surface area contributed by atoms with Gasteiger partial charge in [-0.3, -0.25) is 0 Å². The summed E-state index contributed by atoms with van der Waals surface area (Å²) in [5.74, 6) is 0.812. The van der Waals surface area contributed by atoms with Crippen molar-refractivity contribution in [1.82, 2.24) is 9.97 Å². The molecule has 0 bridgehead atoms. The lowest BCUT2D eigenvalue weighted by Crippen LogP contribution is -2.00. The zero-order chi connectivity index (χ0) is 8.43. The number of nitrogens with zero attached hydrogens (tertiary/aromatic N) is 2. The molecule has 60 valence electrons. The molecular formula is C7H10ClN3. The molecule has 0 radical (unpaired) electrons. The minimum atomic E-state index is 0.201. The molecular weight excluding hydrogens is 162 g/mol. The maximum Gasteiger partial charge on any atom is 0.224 e. The largest absolute Gasteiger partial charge is 0.383 e. The smallest absolute Gasteiger partial charge is 0.224 e. The highest BCUT2D eigenvalue weighted by atomic mass is 35.5. The Labute approximate surface area is 70.6 Å². The van der Waals surface area contributed by atoms with Crippen molar-refractivity contribution >= 4 is 17.4 Å². The van der Waals surface area contributed by atoms with E-state index in [4.69, 9.17) is 17.3 Å². The third kappa shape index (κ3) is 1.80. The van der Waals surface area contributed by atoms with Crippen LogP contribution in [-0.2, 0) is 0 Å². The van der Waals surface area contributed by atoms with Crippen molar-refractivity contribution < 1.29 is 0 Å². The topological polar surface area (TPSA) is 51.8 Å². The highest BCUT2D eigenvalue weighted by molar-refractivity contribution is 6.28. The van der Waals surface area contributed by atoms with Gasteiger partial charge in [0.1, 0.15) is 5.82 Å². The first kappa shape index (κ1) is 8.27. The molecule has 2 N–H and O–H groups in total. The molecule has 3 nitrogen and oxygen atoms in total. The summed E-state index contributed by atoms with van der Waals surface area (Å²) in [7, 11) is 0. The number of nitrogens with two attached hydrogens (primary N) is 1. The minimum Gasteiger partial charge on any atom is -0.383 e. The molecule has 4 heteroatoms. The summed E-state index contributed by atoms with van der Waals surface area (Å²) in [6.45, 7) is 4.06. The quantitative estimate of drug-likeness (QED) is 0.656. The molecule has 0 aliphatic heterocycles. The van der Waals surface area contributed by atoms with Gasteiger partial charge in [-0.05, 0) is 17.5 Å². The van der Waals surface area contributed by atoms with Crippen molar-refractivity contribution in [2.45, 2.75) is 19.8 Å². The third-order valence-electron chi connectivity index (χ3n) is 1.44. The lowest BCUT2D eigenvalue weighted by atomic mass is 10.1. The number of halogens is 1. The molecule has 0 aliphatic rings. The minimum absolute atomic E-state index is 0.201. The van der Waals surface area contributed by atoms with Gasteiger partial charge in [0.2, 0.25) is 5.28 Å². The van der Waals surface area contributed by atoms with E-state index in [1.807, 2.05) is 13.8 Å². The summed E-state index contributed by atoms with van der Waals surface area (Å²) < 4.78 is 0. The molecule has 0 spiro atoms. The second-order valence-electron chi connectivity index (χ2n) is 2.63. The van der Waals surface area contributed by atoms with Crippen LogP contribution in [0.2, 0.25) is 5.28 Å². The number of nitrogen functional groups attached to an aromatic ring is 1. The highest BCUT2D eigenvalue weighted by Crippen LogP contribution is 2.19. The van der Waals surface area contributed by atoms with E-state index < -0.39 is 0 Å². The van der Waals surface area contributed by atoms with Crippen molar-refractivity contribution in [3.8, 4) is 0 Å². The molecule has 0 unspecified atom stereocenters. The van der Waals surface area contributed by atoms with E-state index in [9.17, 15) is 0 Å². The summed E-state index contributed by atoms with van der Waals surface area (Å²) in [5, 5.41) is 0.201. The molecule has 1 aromatic heterocycles. The fourth-order valence-electron chi connectivity index (χ4n) is 0.827. The third-order valence-corrected chi connectivity index (χ3v) is 1.62. The molecule has 1 rings (SSSR count). The Balaban J connectivity index is 3.09. The number of hydrogen-bond acceptors (Lipinski definition) is 3. The van der Waals surface area contributed by atoms with Crippen molar-refractivity contribution in [3.05, 3.63) is 17.0 Å². The number of aromatic nitrogens is 2. The predicted molar refractivity (Wildman–Crippen MR) is 45.5 cm³/mol. The van der Waals surface area contributed by atoms with Crippen LogP contribution in [0.3, 0.4) is 0 Å². The molecule has 0 aromatic carbocycles. The Morgan fingerprint density at radius 2 is 2.18 bits per heavy atom. The van der Waals surface area contributed by atoms with Gasteiger partial charge in [-0.2, -0.15) is 0 Å². The average molecular weight is 172 g/mol. The molecule has 0 fully saturated rings. The van der Waals surface area contributed by atoms with E-state index in [1.54, 1.807) is 6.20 Å². The Kier molecular flexibility index (Phi) is 2.29. The van der Waals surface area contributed by atoms with Crippen molar-refractivity contribution in [2.75, 3.05) is 5.73 Å². The Bertz CT molecular complexity index is 260. The second-order valence-corrected chi connectivity index (χ2v) is 2.97. The fourth-order valence-corrected chi connectivity index (χ4v) is 0.966. The van der Waals surface area contributed by atoms with Crippen LogP contribution in [0.15, 0.2) is 6.20 Å². The van der Waals surface area contributed by atoms with E-state index in [0.717, 1.165) is 5.56 Å². The van der Waals surface area contributed by atoms with Gasteiger partial charge in [-0.15, -0.1) is 0 Å². The van der Waals surface area contributed by atoms with Crippen LogP contribution < -0.4 is 5.73 Å². The van der Waals surface area contributed by atoms with E-state index in [-0.39, 0.29) is 5.28 Å². The molecule has 0 saturated carbocycles. The van der Waals surface area contributed by atoms with Crippen molar-refractivity contribution in [1.29, 1.82) is 0 Å². The van der Waals surface area contributed by atoms with Crippen LogP contribution in [0.1, 0.15) is 25.3 Å². The summed E-state index contributed by atoms with van der Waals surface area (Å²) in [4.78, 5) is 7.66. The predicted octanol–water partition coefficient (Wildman–Crippen LogP) is 1.84. The van der Waals surface area contributed by atoms with Crippen LogP contribution >= 0.6 is 11.6 Å². The first-order valence-corrected chi connectivity index (χ1v) is 3.77. The molecule has 1 heterocycles. The van der Waals surface area contributed by atoms with Gasteiger partial charge in [0.05, 0.1) is 0 Å². The van der Waals surface area contributed by atoms with Gasteiger partial charge < -0.3 is 5.73 Å². The normalized spacial score (nSPS) is 10.5. The molecule has 0 saturated heterocycles. The van der Waals surface area contributed by atoms with Crippen LogP contribution in [0, 0.1) is 0 Å². The first-order valence-electron chi connectivity index (χ1n) is 3.39. The van der Waals surface area contributed by atoms with E-state index in [2.05, 4.69) is 9.97 Å². The maximum absolute atomic E-state index is 5.59. The van der Waals surface area contributed by atoms with Gasteiger partial charge in [0.25, 0.3) is 0 Å². The van der Waals surface area contributed by atoms with Crippen LogP contribution in [0.25, 0.3) is 0 Å². The average Bonchev–Trinajstić information content (AvgIpc) is 1.85. The lowest BCUT2D eigenvalue weighted by molar-refractivity contribution is 0.851.